The van der Waals surface area contributed by atoms with Crippen LogP contribution in [0.4, 0.5) is 14.5 Å². The molecule has 0 aliphatic carbocycles. The molecule has 0 spiro atoms. The van der Waals surface area contributed by atoms with Crippen molar-refractivity contribution in [3.05, 3.63) is 59.2 Å². The third-order valence-electron chi connectivity index (χ3n) is 4.06. The fourth-order valence-electron chi connectivity index (χ4n) is 2.85. The number of rotatable bonds is 4. The summed E-state index contributed by atoms with van der Waals surface area (Å²) < 4.78 is 58.8. The first kappa shape index (κ1) is 16.7. The third kappa shape index (κ3) is 3.21. The predicted octanol–water partition coefficient (Wildman–Crippen LogP) is 3.26. The zero-order valence-electron chi connectivity index (χ0n) is 13.1. The Kier molecular flexibility index (Phi) is 4.45. The Morgan fingerprint density at radius 2 is 1.96 bits per heavy atom. The van der Waals surface area contributed by atoms with E-state index < -0.39 is 27.4 Å². The lowest BCUT2D eigenvalue weighted by Gasteiger charge is -2.30. The van der Waals surface area contributed by atoms with E-state index in [2.05, 4.69) is 0 Å². The predicted molar refractivity (Wildman–Crippen MR) is 87.6 cm³/mol. The molecule has 3 rings (SSSR count). The molecule has 2 aromatic rings. The van der Waals surface area contributed by atoms with Gasteiger partial charge in [0.05, 0.1) is 18.6 Å². The number of nitrogens with zero attached hydrogens (tertiary/aromatic N) is 1. The van der Waals surface area contributed by atoms with Crippen LogP contribution in [-0.2, 0) is 22.2 Å². The lowest BCUT2D eigenvalue weighted by Crippen LogP contribution is -2.36. The van der Waals surface area contributed by atoms with Gasteiger partial charge in [0.2, 0.25) is 10.0 Å². The second kappa shape index (κ2) is 6.39. The Morgan fingerprint density at radius 1 is 1.17 bits per heavy atom. The van der Waals surface area contributed by atoms with Gasteiger partial charge in [-0.3, -0.25) is 4.31 Å². The standard InChI is InChI=1S/C17H17F2NO3S/c1-23-15-7-5-12-3-2-8-20(17(12)10-15)24(21,22)11-13-4-6-14(18)9-16(13)19/h4-7,9-10H,2-3,8,11H2,1H3. The average Bonchev–Trinajstić information content (AvgIpc) is 2.56. The summed E-state index contributed by atoms with van der Waals surface area (Å²) in [5.41, 5.74) is 1.42. The van der Waals surface area contributed by atoms with Crippen LogP contribution in [0.2, 0.25) is 0 Å². The Labute approximate surface area is 139 Å². The van der Waals surface area contributed by atoms with Crippen LogP contribution in [0.5, 0.6) is 5.75 Å². The van der Waals surface area contributed by atoms with Crippen molar-refractivity contribution in [2.45, 2.75) is 18.6 Å². The number of benzene rings is 2. The van der Waals surface area contributed by atoms with Gasteiger partial charge in [0.25, 0.3) is 0 Å². The van der Waals surface area contributed by atoms with Crippen molar-refractivity contribution in [2.24, 2.45) is 0 Å². The van der Waals surface area contributed by atoms with Gasteiger partial charge in [0, 0.05) is 24.2 Å². The lowest BCUT2D eigenvalue weighted by molar-refractivity contribution is 0.414. The molecular weight excluding hydrogens is 336 g/mol. The van der Waals surface area contributed by atoms with Crippen molar-refractivity contribution in [3.8, 4) is 5.75 Å². The van der Waals surface area contributed by atoms with Crippen LogP contribution in [0, 0.1) is 11.6 Å². The molecule has 128 valence electrons. The van der Waals surface area contributed by atoms with Crippen LogP contribution in [0.15, 0.2) is 36.4 Å². The molecule has 24 heavy (non-hydrogen) atoms. The highest BCUT2D eigenvalue weighted by atomic mass is 32.2. The molecule has 0 atom stereocenters. The normalized spacial score (nSPS) is 14.4. The van der Waals surface area contributed by atoms with Crippen molar-refractivity contribution in [1.82, 2.24) is 0 Å². The highest BCUT2D eigenvalue weighted by Crippen LogP contribution is 2.33. The molecular formula is C17H17F2NO3S. The highest BCUT2D eigenvalue weighted by molar-refractivity contribution is 7.92. The fourth-order valence-corrected chi connectivity index (χ4v) is 4.51. The van der Waals surface area contributed by atoms with Crippen LogP contribution in [0.3, 0.4) is 0 Å². The Hall–Kier alpha value is -2.15. The minimum absolute atomic E-state index is 0.0496. The summed E-state index contributed by atoms with van der Waals surface area (Å²) in [5, 5.41) is 0. The van der Waals surface area contributed by atoms with Crippen molar-refractivity contribution in [2.75, 3.05) is 18.0 Å². The zero-order chi connectivity index (χ0) is 17.3. The van der Waals surface area contributed by atoms with E-state index in [-0.39, 0.29) is 5.56 Å². The van der Waals surface area contributed by atoms with Crippen LogP contribution >= 0.6 is 0 Å². The summed E-state index contributed by atoms with van der Waals surface area (Å²) in [6, 6.07) is 8.22. The van der Waals surface area contributed by atoms with E-state index in [1.807, 2.05) is 6.07 Å². The average molecular weight is 353 g/mol. The van der Waals surface area contributed by atoms with E-state index in [0.29, 0.717) is 30.5 Å². The first-order valence-electron chi connectivity index (χ1n) is 7.52. The molecule has 0 saturated heterocycles. The van der Waals surface area contributed by atoms with E-state index in [1.165, 1.54) is 17.5 Å². The molecule has 4 nitrogen and oxygen atoms in total. The van der Waals surface area contributed by atoms with Gasteiger partial charge in [-0.2, -0.15) is 0 Å². The smallest absolute Gasteiger partial charge is 0.239 e. The number of fused-ring (bicyclic) bond motifs is 1. The van der Waals surface area contributed by atoms with Crippen LogP contribution in [0.25, 0.3) is 0 Å². The number of hydrogen-bond acceptors (Lipinski definition) is 3. The maximum Gasteiger partial charge on any atom is 0.239 e. The number of aryl methyl sites for hydroxylation is 1. The quantitative estimate of drug-likeness (QED) is 0.848. The van der Waals surface area contributed by atoms with Gasteiger partial charge in [-0.25, -0.2) is 17.2 Å². The fraction of sp³-hybridized carbons (Fsp3) is 0.294. The van der Waals surface area contributed by atoms with Gasteiger partial charge in [-0.15, -0.1) is 0 Å². The third-order valence-corrected chi connectivity index (χ3v) is 5.78. The number of methoxy groups -OCH3 is 1. The molecule has 0 unspecified atom stereocenters. The van der Waals surface area contributed by atoms with Gasteiger partial charge >= 0.3 is 0 Å². The van der Waals surface area contributed by atoms with E-state index in [0.717, 1.165) is 18.1 Å². The summed E-state index contributed by atoms with van der Waals surface area (Å²) in [5.74, 6) is -1.55. The van der Waals surface area contributed by atoms with Crippen LogP contribution in [0.1, 0.15) is 17.5 Å². The Balaban J connectivity index is 1.96. The first-order valence-corrected chi connectivity index (χ1v) is 9.13. The van der Waals surface area contributed by atoms with Gasteiger partial charge in [-0.05, 0) is 30.5 Å². The minimum atomic E-state index is -3.79. The summed E-state index contributed by atoms with van der Waals surface area (Å²) in [7, 11) is -2.28. The summed E-state index contributed by atoms with van der Waals surface area (Å²) in [6.45, 7) is 0.325. The summed E-state index contributed by atoms with van der Waals surface area (Å²) in [4.78, 5) is 0. The van der Waals surface area contributed by atoms with Crippen molar-refractivity contribution >= 4 is 15.7 Å². The molecule has 1 aliphatic heterocycles. The summed E-state index contributed by atoms with van der Waals surface area (Å²) in [6.07, 6.45) is 1.46. The second-order valence-corrected chi connectivity index (χ2v) is 7.56. The van der Waals surface area contributed by atoms with Crippen molar-refractivity contribution in [1.29, 1.82) is 0 Å². The first-order chi connectivity index (χ1) is 11.4. The molecule has 2 aromatic carbocycles. The Bertz CT molecular complexity index is 868. The lowest BCUT2D eigenvalue weighted by atomic mass is 10.0. The SMILES string of the molecule is COc1ccc2c(c1)N(S(=O)(=O)Cc1ccc(F)cc1F)CCC2. The maximum absolute atomic E-state index is 13.8. The van der Waals surface area contributed by atoms with E-state index in [9.17, 15) is 17.2 Å². The minimum Gasteiger partial charge on any atom is -0.497 e. The van der Waals surface area contributed by atoms with Gasteiger partial charge < -0.3 is 4.74 Å². The van der Waals surface area contributed by atoms with Gasteiger partial charge in [-0.1, -0.05) is 12.1 Å². The van der Waals surface area contributed by atoms with Gasteiger partial charge in [0.1, 0.15) is 17.4 Å². The van der Waals surface area contributed by atoms with E-state index >= 15 is 0 Å². The molecule has 1 heterocycles. The van der Waals surface area contributed by atoms with Crippen molar-refractivity contribution in [3.63, 3.8) is 0 Å². The molecule has 1 aliphatic rings. The van der Waals surface area contributed by atoms with E-state index in [4.69, 9.17) is 4.74 Å². The van der Waals surface area contributed by atoms with Crippen molar-refractivity contribution < 1.29 is 21.9 Å². The second-order valence-electron chi connectivity index (χ2n) is 5.66. The molecule has 0 fully saturated rings. The molecule has 0 bridgehead atoms. The van der Waals surface area contributed by atoms with Gasteiger partial charge in [0.15, 0.2) is 0 Å². The number of ether oxygens (including phenoxy) is 1. The topological polar surface area (TPSA) is 46.6 Å². The highest BCUT2D eigenvalue weighted by Gasteiger charge is 2.29. The van der Waals surface area contributed by atoms with Crippen LogP contribution < -0.4 is 9.04 Å². The number of anilines is 1. The molecule has 0 N–H and O–H groups in total. The Morgan fingerprint density at radius 3 is 2.67 bits per heavy atom. The number of sulfonamides is 1. The molecule has 7 heteroatoms. The molecule has 0 saturated carbocycles. The maximum atomic E-state index is 13.8. The largest absolute Gasteiger partial charge is 0.497 e. The zero-order valence-corrected chi connectivity index (χ0v) is 13.9. The number of hydrogen-bond donors (Lipinski definition) is 0. The molecule has 0 amide bonds. The monoisotopic (exact) mass is 353 g/mol. The summed E-state index contributed by atoms with van der Waals surface area (Å²) >= 11 is 0. The van der Waals surface area contributed by atoms with Crippen LogP contribution in [-0.4, -0.2) is 22.1 Å². The van der Waals surface area contributed by atoms with E-state index in [1.54, 1.807) is 12.1 Å². The molecule has 0 aromatic heterocycles. The molecule has 0 radical (unpaired) electrons. The number of halogens is 2.